The van der Waals surface area contributed by atoms with Crippen LogP contribution in [0.3, 0.4) is 0 Å². The lowest BCUT2D eigenvalue weighted by atomic mass is 9.99. The third-order valence-electron chi connectivity index (χ3n) is 4.14. The van der Waals surface area contributed by atoms with E-state index in [1.165, 1.54) is 16.4 Å². The molecule has 0 unspecified atom stereocenters. The van der Waals surface area contributed by atoms with E-state index < -0.39 is 15.9 Å². The molecule has 1 atom stereocenters. The number of aromatic nitrogens is 1. The van der Waals surface area contributed by atoms with E-state index in [1.54, 1.807) is 36.7 Å². The number of amides is 1. The van der Waals surface area contributed by atoms with Crippen LogP contribution in [0.2, 0.25) is 5.02 Å². The predicted molar refractivity (Wildman–Crippen MR) is 95.8 cm³/mol. The monoisotopic (exact) mass is 379 g/mol. The van der Waals surface area contributed by atoms with Gasteiger partial charge < -0.3 is 5.32 Å². The van der Waals surface area contributed by atoms with Crippen molar-refractivity contribution in [2.75, 3.05) is 18.4 Å². The first-order chi connectivity index (χ1) is 12.0. The topological polar surface area (TPSA) is 79.4 Å². The molecule has 0 saturated carbocycles. The molecule has 25 heavy (non-hydrogen) atoms. The first-order valence-electron chi connectivity index (χ1n) is 7.93. The Morgan fingerprint density at radius 3 is 2.68 bits per heavy atom. The highest BCUT2D eigenvalue weighted by Gasteiger charge is 2.33. The summed E-state index contributed by atoms with van der Waals surface area (Å²) in [7, 11) is -3.64. The molecule has 0 aliphatic carbocycles. The van der Waals surface area contributed by atoms with Crippen LogP contribution in [0, 0.1) is 5.92 Å². The molecular weight excluding hydrogens is 362 g/mol. The maximum Gasteiger partial charge on any atom is 0.243 e. The van der Waals surface area contributed by atoms with Crippen molar-refractivity contribution in [3.8, 4) is 0 Å². The summed E-state index contributed by atoms with van der Waals surface area (Å²) in [5, 5.41) is 3.27. The Kier molecular flexibility index (Phi) is 5.36. The van der Waals surface area contributed by atoms with Crippen molar-refractivity contribution in [3.63, 3.8) is 0 Å². The van der Waals surface area contributed by atoms with Crippen LogP contribution in [-0.4, -0.2) is 36.7 Å². The molecule has 1 aliphatic heterocycles. The minimum absolute atomic E-state index is 0.164. The average Bonchev–Trinajstić information content (AvgIpc) is 2.63. The number of nitrogens with one attached hydrogen (secondary N) is 1. The van der Waals surface area contributed by atoms with E-state index in [0.29, 0.717) is 30.1 Å². The van der Waals surface area contributed by atoms with Gasteiger partial charge in [0, 0.05) is 24.3 Å². The highest BCUT2D eigenvalue weighted by atomic mass is 35.5. The number of rotatable bonds is 4. The zero-order valence-corrected chi connectivity index (χ0v) is 15.0. The number of halogens is 1. The Balaban J connectivity index is 1.72. The summed E-state index contributed by atoms with van der Waals surface area (Å²) in [6.45, 7) is 0.568. The number of carbonyl (C=O) groups excluding carboxylic acids is 1. The van der Waals surface area contributed by atoms with Crippen LogP contribution in [0.5, 0.6) is 0 Å². The molecule has 0 radical (unpaired) electrons. The van der Waals surface area contributed by atoms with Gasteiger partial charge in [-0.15, -0.1) is 0 Å². The second kappa shape index (κ2) is 7.51. The first kappa shape index (κ1) is 17.8. The zero-order valence-electron chi connectivity index (χ0n) is 13.4. The largest absolute Gasteiger partial charge is 0.324 e. The van der Waals surface area contributed by atoms with Crippen LogP contribution in [-0.2, 0) is 14.8 Å². The van der Waals surface area contributed by atoms with Gasteiger partial charge in [-0.2, -0.15) is 4.31 Å². The van der Waals surface area contributed by atoms with E-state index in [2.05, 4.69) is 10.3 Å². The summed E-state index contributed by atoms with van der Waals surface area (Å²) in [5.41, 5.74) is 0.602. The number of carbonyl (C=O) groups is 1. The average molecular weight is 380 g/mol. The van der Waals surface area contributed by atoms with Gasteiger partial charge >= 0.3 is 0 Å². The van der Waals surface area contributed by atoms with Crippen molar-refractivity contribution in [3.05, 3.63) is 53.8 Å². The number of pyridine rings is 1. The van der Waals surface area contributed by atoms with Gasteiger partial charge in [-0.3, -0.25) is 9.78 Å². The summed E-state index contributed by atoms with van der Waals surface area (Å²) < 4.78 is 26.9. The molecule has 3 rings (SSSR count). The van der Waals surface area contributed by atoms with Crippen LogP contribution in [0.25, 0.3) is 0 Å². The molecule has 8 heteroatoms. The van der Waals surface area contributed by atoms with Gasteiger partial charge in [0.25, 0.3) is 0 Å². The first-order valence-corrected chi connectivity index (χ1v) is 9.75. The van der Waals surface area contributed by atoms with E-state index in [4.69, 9.17) is 11.6 Å². The van der Waals surface area contributed by atoms with Gasteiger partial charge in [0.15, 0.2) is 0 Å². The molecule has 6 nitrogen and oxygen atoms in total. The van der Waals surface area contributed by atoms with Crippen LogP contribution in [0.4, 0.5) is 5.69 Å². The third-order valence-corrected chi connectivity index (χ3v) is 6.27. The minimum atomic E-state index is -3.64. The Morgan fingerprint density at radius 2 is 2.00 bits per heavy atom. The summed E-state index contributed by atoms with van der Waals surface area (Å²) in [6, 6.07) is 9.54. The van der Waals surface area contributed by atoms with Crippen LogP contribution in [0.1, 0.15) is 12.8 Å². The predicted octanol–water partition coefficient (Wildman–Crippen LogP) is 2.77. The molecule has 1 aromatic carbocycles. The normalized spacial score (nSPS) is 18.7. The number of piperidine rings is 1. The fraction of sp³-hybridized carbons (Fsp3) is 0.294. The molecule has 1 aliphatic rings. The summed E-state index contributed by atoms with van der Waals surface area (Å²) in [4.78, 5) is 16.6. The van der Waals surface area contributed by atoms with Crippen LogP contribution < -0.4 is 5.32 Å². The molecular formula is C17H18ClN3O3S. The minimum Gasteiger partial charge on any atom is -0.324 e. The summed E-state index contributed by atoms with van der Waals surface area (Å²) >= 11 is 5.82. The number of benzene rings is 1. The van der Waals surface area contributed by atoms with Gasteiger partial charge in [-0.25, -0.2) is 8.42 Å². The zero-order chi connectivity index (χ0) is 17.9. The SMILES string of the molecule is O=C(Nc1cccnc1)[C@H]1CCCN(S(=O)(=O)c2ccc(Cl)cc2)C1. The summed E-state index contributed by atoms with van der Waals surface area (Å²) in [5.74, 6) is -0.583. The van der Waals surface area contributed by atoms with Crippen molar-refractivity contribution in [1.82, 2.24) is 9.29 Å². The van der Waals surface area contributed by atoms with Gasteiger partial charge in [-0.05, 0) is 49.2 Å². The number of nitrogens with zero attached hydrogens (tertiary/aromatic N) is 2. The number of sulfonamides is 1. The lowest BCUT2D eigenvalue weighted by molar-refractivity contribution is -0.120. The van der Waals surface area contributed by atoms with Crippen molar-refractivity contribution in [2.24, 2.45) is 5.92 Å². The Bertz CT molecular complexity index is 841. The van der Waals surface area contributed by atoms with Crippen LogP contribution in [0.15, 0.2) is 53.7 Å². The quantitative estimate of drug-likeness (QED) is 0.885. The molecule has 1 fully saturated rings. The smallest absolute Gasteiger partial charge is 0.243 e. The molecule has 0 spiro atoms. The molecule has 0 bridgehead atoms. The standard InChI is InChI=1S/C17H18ClN3O3S/c18-14-5-7-16(8-6-14)25(23,24)21-10-2-3-13(12-21)17(22)20-15-4-1-9-19-11-15/h1,4-9,11,13H,2-3,10,12H2,(H,20,22)/t13-/m0/s1. The second-order valence-electron chi connectivity index (χ2n) is 5.89. The third kappa shape index (κ3) is 4.18. The van der Waals surface area contributed by atoms with Crippen molar-refractivity contribution >= 4 is 33.2 Å². The van der Waals surface area contributed by atoms with Crippen molar-refractivity contribution in [2.45, 2.75) is 17.7 Å². The molecule has 1 aromatic heterocycles. The summed E-state index contributed by atoms with van der Waals surface area (Å²) in [6.07, 6.45) is 4.47. The van der Waals surface area contributed by atoms with Gasteiger partial charge in [0.2, 0.25) is 15.9 Å². The molecule has 2 heterocycles. The van der Waals surface area contributed by atoms with Crippen LogP contribution >= 0.6 is 11.6 Å². The van der Waals surface area contributed by atoms with Crippen molar-refractivity contribution in [1.29, 1.82) is 0 Å². The van der Waals surface area contributed by atoms with Crippen molar-refractivity contribution < 1.29 is 13.2 Å². The molecule has 132 valence electrons. The molecule has 1 N–H and O–H groups in total. The number of hydrogen-bond donors (Lipinski definition) is 1. The maximum absolute atomic E-state index is 12.8. The van der Waals surface area contributed by atoms with E-state index in [0.717, 1.165) is 0 Å². The highest BCUT2D eigenvalue weighted by molar-refractivity contribution is 7.89. The second-order valence-corrected chi connectivity index (χ2v) is 8.26. The molecule has 2 aromatic rings. The Hall–Kier alpha value is -1.96. The lowest BCUT2D eigenvalue weighted by Crippen LogP contribution is -2.43. The fourth-order valence-corrected chi connectivity index (χ4v) is 4.46. The van der Waals surface area contributed by atoms with E-state index in [-0.39, 0.29) is 17.3 Å². The van der Waals surface area contributed by atoms with Gasteiger partial charge in [0.05, 0.1) is 22.7 Å². The highest BCUT2D eigenvalue weighted by Crippen LogP contribution is 2.25. The molecule has 1 saturated heterocycles. The number of anilines is 1. The Morgan fingerprint density at radius 1 is 1.24 bits per heavy atom. The van der Waals surface area contributed by atoms with Gasteiger partial charge in [-0.1, -0.05) is 11.6 Å². The van der Waals surface area contributed by atoms with E-state index in [9.17, 15) is 13.2 Å². The fourth-order valence-electron chi connectivity index (χ4n) is 2.81. The van der Waals surface area contributed by atoms with E-state index >= 15 is 0 Å². The maximum atomic E-state index is 12.8. The Labute approximate surface area is 151 Å². The lowest BCUT2D eigenvalue weighted by Gasteiger charge is -2.31. The molecule has 1 amide bonds. The van der Waals surface area contributed by atoms with E-state index in [1.807, 2.05) is 0 Å². The van der Waals surface area contributed by atoms with Gasteiger partial charge in [0.1, 0.15) is 0 Å². The number of hydrogen-bond acceptors (Lipinski definition) is 4.